The Kier molecular flexibility index (Phi) is 6.70. The summed E-state index contributed by atoms with van der Waals surface area (Å²) in [6, 6.07) is 23.2. The van der Waals surface area contributed by atoms with Gasteiger partial charge in [0, 0.05) is 49.3 Å². The Balaban J connectivity index is 1.48. The number of hydrogen-bond donors (Lipinski definition) is 1. The van der Waals surface area contributed by atoms with Crippen molar-refractivity contribution >= 4 is 27.4 Å². The number of hydrogen-bond acceptors (Lipinski definition) is 6. The summed E-state index contributed by atoms with van der Waals surface area (Å²) in [6.45, 7) is 1.57. The average molecular weight is 468 g/mol. The normalized spacial score (nSPS) is 11.4. The molecule has 178 valence electrons. The maximum absolute atomic E-state index is 9.00. The molecule has 0 aliphatic carbocycles. The van der Waals surface area contributed by atoms with E-state index in [1.165, 1.54) is 5.39 Å². The molecule has 7 heteroatoms. The van der Waals surface area contributed by atoms with Crippen molar-refractivity contribution in [2.45, 2.75) is 26.2 Å². The van der Waals surface area contributed by atoms with Gasteiger partial charge in [0.15, 0.2) is 0 Å². The zero-order valence-electron chi connectivity index (χ0n) is 20.1. The molecule has 0 bridgehead atoms. The summed E-state index contributed by atoms with van der Waals surface area (Å²) in [6.07, 6.45) is 2.52. The molecule has 0 unspecified atom stereocenters. The van der Waals surface area contributed by atoms with Gasteiger partial charge in [0.25, 0.3) is 0 Å². The summed E-state index contributed by atoms with van der Waals surface area (Å²) in [7, 11) is 4.08. The number of aliphatic hydroxyl groups is 1. The highest BCUT2D eigenvalue weighted by molar-refractivity contribution is 6.06. The summed E-state index contributed by atoms with van der Waals surface area (Å²) >= 11 is 0. The quantitative estimate of drug-likeness (QED) is 0.314. The predicted molar refractivity (Wildman–Crippen MR) is 139 cm³/mol. The van der Waals surface area contributed by atoms with Crippen LogP contribution in [0.4, 0.5) is 5.69 Å². The molecule has 35 heavy (non-hydrogen) atoms. The monoisotopic (exact) mass is 467 g/mol. The van der Waals surface area contributed by atoms with Crippen LogP contribution in [0.5, 0.6) is 0 Å². The topological polar surface area (TPSA) is 76.3 Å². The van der Waals surface area contributed by atoms with Crippen LogP contribution in [-0.2, 0) is 24.5 Å². The van der Waals surface area contributed by atoms with Crippen LogP contribution in [0.15, 0.2) is 72.9 Å². The van der Waals surface area contributed by atoms with Gasteiger partial charge in [-0.1, -0.05) is 53.7 Å². The third-order valence-corrected chi connectivity index (χ3v) is 6.11. The summed E-state index contributed by atoms with van der Waals surface area (Å²) in [5, 5.41) is 20.7. The molecule has 5 aromatic rings. The highest BCUT2D eigenvalue weighted by Crippen LogP contribution is 2.31. The smallest absolute Gasteiger partial charge is 0.108 e. The molecule has 1 N–H and O–H groups in total. The Morgan fingerprint density at radius 1 is 0.943 bits per heavy atom. The number of aromatic nitrogens is 4. The molecule has 0 amide bonds. The van der Waals surface area contributed by atoms with E-state index in [9.17, 15) is 0 Å². The fourth-order valence-corrected chi connectivity index (χ4v) is 4.24. The minimum Gasteiger partial charge on any atom is -0.396 e. The summed E-state index contributed by atoms with van der Waals surface area (Å²) in [5.74, 6) is 0. The van der Waals surface area contributed by atoms with Gasteiger partial charge < -0.3 is 14.7 Å². The predicted octanol–water partition coefficient (Wildman–Crippen LogP) is 4.81. The van der Waals surface area contributed by atoms with Gasteiger partial charge in [-0.15, -0.1) is 5.10 Å². The summed E-state index contributed by atoms with van der Waals surface area (Å²) in [5.41, 5.74) is 5.97. The minimum atomic E-state index is 0.135. The summed E-state index contributed by atoms with van der Waals surface area (Å²) in [4.78, 5) is 7.18. The van der Waals surface area contributed by atoms with Crippen LogP contribution in [-0.4, -0.2) is 45.8 Å². The molecule has 0 radical (unpaired) electrons. The minimum absolute atomic E-state index is 0.135. The lowest BCUT2D eigenvalue weighted by atomic mass is 10.00. The van der Waals surface area contributed by atoms with E-state index >= 15 is 0 Å². The van der Waals surface area contributed by atoms with E-state index in [1.807, 2.05) is 20.3 Å². The molecule has 0 saturated carbocycles. The van der Waals surface area contributed by atoms with Crippen LogP contribution in [0.1, 0.15) is 17.7 Å². The van der Waals surface area contributed by atoms with E-state index in [2.05, 4.69) is 81.9 Å². The van der Waals surface area contributed by atoms with Crippen molar-refractivity contribution in [3.8, 4) is 11.3 Å². The van der Waals surface area contributed by atoms with Crippen LogP contribution in [0.3, 0.4) is 0 Å². The van der Waals surface area contributed by atoms with Crippen LogP contribution in [0.2, 0.25) is 0 Å². The molecule has 0 spiro atoms. The first-order valence-electron chi connectivity index (χ1n) is 11.8. The molecule has 0 fully saturated rings. The first-order chi connectivity index (χ1) is 17.1. The average Bonchev–Trinajstić information content (AvgIpc) is 3.34. The lowest BCUT2D eigenvalue weighted by molar-refractivity contribution is 0.105. The van der Waals surface area contributed by atoms with Crippen molar-refractivity contribution in [1.29, 1.82) is 0 Å². The van der Waals surface area contributed by atoms with Crippen molar-refractivity contribution in [1.82, 2.24) is 20.0 Å². The van der Waals surface area contributed by atoms with E-state index in [-0.39, 0.29) is 6.61 Å². The lowest BCUT2D eigenvalue weighted by Gasteiger charge is -2.14. The number of fused-ring (bicyclic) bond motifs is 3. The van der Waals surface area contributed by atoms with Gasteiger partial charge in [0.1, 0.15) is 5.69 Å². The first kappa shape index (κ1) is 23.0. The van der Waals surface area contributed by atoms with Gasteiger partial charge >= 0.3 is 0 Å². The van der Waals surface area contributed by atoms with E-state index in [4.69, 9.17) is 14.8 Å². The molecular formula is C28H29N5O2. The van der Waals surface area contributed by atoms with Gasteiger partial charge in [-0.2, -0.15) is 0 Å². The Labute approximate surface area is 204 Å². The third-order valence-electron chi connectivity index (χ3n) is 6.11. The zero-order chi connectivity index (χ0) is 24.2. The number of aliphatic hydroxyl groups excluding tert-OH is 1. The van der Waals surface area contributed by atoms with Gasteiger partial charge in [-0.05, 0) is 35.6 Å². The number of pyridine rings is 1. The van der Waals surface area contributed by atoms with Crippen molar-refractivity contribution in [2.75, 3.05) is 25.6 Å². The van der Waals surface area contributed by atoms with E-state index in [1.54, 1.807) is 4.68 Å². The maximum atomic E-state index is 9.00. The van der Waals surface area contributed by atoms with Crippen LogP contribution in [0, 0.1) is 0 Å². The highest BCUT2D eigenvalue weighted by atomic mass is 16.5. The van der Waals surface area contributed by atoms with Gasteiger partial charge in [0.2, 0.25) is 0 Å². The lowest BCUT2D eigenvalue weighted by Crippen LogP contribution is -2.08. The first-order valence-corrected chi connectivity index (χ1v) is 11.8. The van der Waals surface area contributed by atoms with E-state index < -0.39 is 0 Å². The molecule has 0 atom stereocenters. The molecule has 7 nitrogen and oxygen atoms in total. The molecular weight excluding hydrogens is 438 g/mol. The number of aryl methyl sites for hydroxylation is 1. The van der Waals surface area contributed by atoms with Crippen molar-refractivity contribution < 1.29 is 9.84 Å². The second kappa shape index (κ2) is 10.2. The Hall–Kier alpha value is -3.81. The van der Waals surface area contributed by atoms with E-state index in [0.29, 0.717) is 26.2 Å². The largest absolute Gasteiger partial charge is 0.396 e. The van der Waals surface area contributed by atoms with Crippen LogP contribution < -0.4 is 4.90 Å². The zero-order valence-corrected chi connectivity index (χ0v) is 20.1. The fourth-order valence-electron chi connectivity index (χ4n) is 4.24. The Bertz CT molecular complexity index is 1440. The third kappa shape index (κ3) is 5.01. The highest BCUT2D eigenvalue weighted by Gasteiger charge is 2.12. The fraction of sp³-hybridized carbons (Fsp3) is 0.250. The Morgan fingerprint density at radius 2 is 1.77 bits per heavy atom. The number of benzene rings is 3. The second-order valence-electron chi connectivity index (χ2n) is 8.83. The second-order valence-corrected chi connectivity index (χ2v) is 8.83. The summed E-state index contributed by atoms with van der Waals surface area (Å²) < 4.78 is 7.82. The van der Waals surface area contributed by atoms with Crippen molar-refractivity contribution in [2.24, 2.45) is 0 Å². The Morgan fingerprint density at radius 3 is 2.57 bits per heavy atom. The molecule has 3 aromatic carbocycles. The number of rotatable bonds is 9. The molecule has 2 heterocycles. The van der Waals surface area contributed by atoms with Crippen LogP contribution in [0.25, 0.3) is 32.9 Å². The molecule has 2 aromatic heterocycles. The van der Waals surface area contributed by atoms with Gasteiger partial charge in [0.05, 0.1) is 30.6 Å². The van der Waals surface area contributed by atoms with Gasteiger partial charge in [-0.25, -0.2) is 4.98 Å². The molecule has 0 aliphatic heterocycles. The van der Waals surface area contributed by atoms with E-state index in [0.717, 1.165) is 44.5 Å². The number of anilines is 1. The molecule has 5 rings (SSSR count). The van der Waals surface area contributed by atoms with Crippen LogP contribution >= 0.6 is 0 Å². The molecule has 0 saturated heterocycles. The number of nitrogens with zero attached hydrogens (tertiary/aromatic N) is 5. The van der Waals surface area contributed by atoms with Crippen molar-refractivity contribution in [3.05, 3.63) is 84.2 Å². The van der Waals surface area contributed by atoms with Crippen molar-refractivity contribution in [3.63, 3.8) is 0 Å². The maximum Gasteiger partial charge on any atom is 0.108 e. The number of ether oxygens (including phenoxy) is 1. The standard InChI is InChI=1S/C28H29N5O2/c1-32(2)24-11-8-21(9-12-24)27-16-22(18-35-19-23-17-33(31-30-23)14-5-15-34)26-13-10-20-6-3-4-7-25(20)28(26)29-27/h3-4,6-13,16-17,34H,5,14-15,18-19H2,1-2H3. The van der Waals surface area contributed by atoms with Gasteiger partial charge in [-0.3, -0.25) is 4.68 Å². The molecule has 0 aliphatic rings. The SMILES string of the molecule is CN(C)c1ccc(-c2cc(COCc3cn(CCCO)nn3)c3ccc4ccccc4c3n2)cc1.